The van der Waals surface area contributed by atoms with E-state index in [1.807, 2.05) is 89.8 Å². The number of imide groups is 1. The lowest BCUT2D eigenvalue weighted by molar-refractivity contribution is -0.179. The molecule has 17 nitrogen and oxygen atoms in total. The zero-order chi connectivity index (χ0) is 55.7. The topological polar surface area (TPSA) is 197 Å². The summed E-state index contributed by atoms with van der Waals surface area (Å²) in [6, 6.07) is 31.1. The van der Waals surface area contributed by atoms with Crippen LogP contribution < -0.4 is 24.4 Å². The summed E-state index contributed by atoms with van der Waals surface area (Å²) in [4.78, 5) is 85.3. The van der Waals surface area contributed by atoms with Crippen molar-refractivity contribution < 1.29 is 57.9 Å². The number of carbonyl (C=O) groups excluding carboxylic acids is 5. The molecule has 5 aliphatic heterocycles. The van der Waals surface area contributed by atoms with Gasteiger partial charge >= 0.3 is 18.0 Å². The van der Waals surface area contributed by atoms with Crippen LogP contribution in [0.4, 0.5) is 10.5 Å². The largest absolute Gasteiger partial charge is 0.491 e. The van der Waals surface area contributed by atoms with Crippen LogP contribution in [0.25, 0.3) is 0 Å². The standard InChI is InChI=1S/C63H67N5O12/c1-40(2)52(58(71)76-3)64-61(74)67-48-23-21-41(25-28-62(75)26-12-4-5-13-27-62)35-47(48)63(60(67)73)51(57(70)66-31-29-65(30-32-66)38-42-22-24-49-50(36-42)79-39-78-49)54-59(72)80-55(44-17-10-7-11-18-44)53(43-15-8-6-9-16-43)68(54)56(63)45-19-14-20-46(37-45)77-34-33-69/h6-11,14-24,35-37,40,51-56,69,75H,4-5,12-13,26-27,29-34,38-39H2,1-3H3,(H,64,74)/t51-,52+,53-,54-,55+,56+,63-/m1/s1. The second kappa shape index (κ2) is 22.8. The van der Waals surface area contributed by atoms with Crippen molar-refractivity contribution in [3.63, 3.8) is 0 Å². The number of urea groups is 1. The van der Waals surface area contributed by atoms with Gasteiger partial charge in [0, 0.05) is 38.3 Å². The Bertz CT molecular complexity index is 3200. The molecular weight excluding hydrogens is 1020 g/mol. The van der Waals surface area contributed by atoms with Gasteiger partial charge < -0.3 is 44.1 Å². The Morgan fingerprint density at radius 3 is 2.19 bits per heavy atom. The molecule has 5 heterocycles. The summed E-state index contributed by atoms with van der Waals surface area (Å²) in [7, 11) is 1.22. The number of hydrogen-bond acceptors (Lipinski definition) is 14. The molecular formula is C63H67N5O12. The maximum Gasteiger partial charge on any atom is 0.329 e. The first-order valence-corrected chi connectivity index (χ1v) is 27.8. The molecule has 0 unspecified atom stereocenters. The van der Waals surface area contributed by atoms with Crippen LogP contribution >= 0.6 is 0 Å². The Kier molecular flexibility index (Phi) is 15.4. The maximum absolute atomic E-state index is 17.1. The average Bonchev–Trinajstić information content (AvgIpc) is 4.23. The van der Waals surface area contributed by atoms with Crippen molar-refractivity contribution in [3.05, 3.63) is 155 Å². The van der Waals surface area contributed by atoms with E-state index in [0.717, 1.165) is 41.7 Å². The van der Waals surface area contributed by atoms with Gasteiger partial charge in [-0.3, -0.25) is 24.2 Å². The average molecular weight is 1090 g/mol. The van der Waals surface area contributed by atoms with Crippen LogP contribution in [0.1, 0.15) is 104 Å². The van der Waals surface area contributed by atoms with E-state index in [2.05, 4.69) is 22.1 Å². The summed E-state index contributed by atoms with van der Waals surface area (Å²) in [5.41, 5.74) is 0.222. The summed E-state index contributed by atoms with van der Waals surface area (Å²) in [5.74, 6) is 3.31. The second-order valence-corrected chi connectivity index (χ2v) is 22.0. The highest BCUT2D eigenvalue weighted by Gasteiger charge is 2.76. The molecule has 5 aromatic carbocycles. The Morgan fingerprint density at radius 2 is 1.49 bits per heavy atom. The number of aliphatic hydroxyl groups is 2. The van der Waals surface area contributed by atoms with E-state index in [1.54, 1.807) is 55.1 Å². The lowest BCUT2D eigenvalue weighted by atomic mass is 9.64. The summed E-state index contributed by atoms with van der Waals surface area (Å²) >= 11 is 0. The summed E-state index contributed by atoms with van der Waals surface area (Å²) in [6.45, 7) is 5.21. The summed E-state index contributed by atoms with van der Waals surface area (Å²) < 4.78 is 29.2. The van der Waals surface area contributed by atoms with Gasteiger partial charge in [-0.05, 0) is 102 Å². The monoisotopic (exact) mass is 1090 g/mol. The number of benzene rings is 5. The quantitative estimate of drug-likeness (QED) is 0.0648. The SMILES string of the molecule is COC(=O)[C@@H](NC(=O)N1C(=O)[C@@]2(c3cc(C#CC4(O)CCCCCC4)ccc31)[C@H](c1cccc(OCCO)c1)N1[C@H](c3ccccc3)[C@H](c3ccccc3)OC(=O)[C@H]1[C@@H]2C(=O)N1CCN(Cc2ccc3c(c2)OCO3)CC1)C(C)C. The number of methoxy groups -OCH3 is 1. The zero-order valence-electron chi connectivity index (χ0n) is 45.3. The molecule has 7 atom stereocenters. The van der Waals surface area contributed by atoms with Gasteiger partial charge in [-0.15, -0.1) is 0 Å². The number of nitrogens with one attached hydrogen (secondary N) is 1. The highest BCUT2D eigenvalue weighted by atomic mass is 16.7. The highest BCUT2D eigenvalue weighted by molar-refractivity contribution is 6.25. The van der Waals surface area contributed by atoms with Crippen molar-refractivity contribution in [2.45, 2.75) is 100 Å². The van der Waals surface area contributed by atoms with Crippen LogP contribution in [0.15, 0.2) is 121 Å². The normalized spacial score (nSPS) is 24.5. The van der Waals surface area contributed by atoms with Crippen LogP contribution in [-0.2, 0) is 40.6 Å². The molecule has 0 radical (unpaired) electrons. The molecule has 5 aromatic rings. The molecule has 1 aliphatic carbocycles. The number of anilines is 1. The number of carbonyl (C=O) groups is 5. The lowest BCUT2D eigenvalue weighted by Crippen LogP contribution is -2.59. The number of cyclic esters (lactones) is 1. The van der Waals surface area contributed by atoms with E-state index < -0.39 is 82.9 Å². The fraction of sp³-hybridized carbons (Fsp3) is 0.413. The van der Waals surface area contributed by atoms with Gasteiger partial charge in [-0.1, -0.05) is 117 Å². The fourth-order valence-electron chi connectivity index (χ4n) is 13.0. The molecule has 4 amide bonds. The van der Waals surface area contributed by atoms with E-state index in [4.69, 9.17) is 23.7 Å². The van der Waals surface area contributed by atoms with Crippen molar-refractivity contribution in [2.24, 2.45) is 11.8 Å². The number of aliphatic hydroxyl groups excluding tert-OH is 1. The summed E-state index contributed by atoms with van der Waals surface area (Å²) in [5, 5.41) is 24.7. The number of morpholine rings is 1. The van der Waals surface area contributed by atoms with E-state index in [0.29, 0.717) is 66.4 Å². The van der Waals surface area contributed by atoms with Gasteiger partial charge in [0.1, 0.15) is 41.6 Å². The highest BCUT2D eigenvalue weighted by Crippen LogP contribution is 2.66. The molecule has 0 aromatic heterocycles. The number of fused-ring (bicyclic) bond motifs is 4. The van der Waals surface area contributed by atoms with Crippen LogP contribution in [-0.4, -0.2) is 126 Å². The van der Waals surface area contributed by atoms with Crippen LogP contribution in [0.5, 0.6) is 17.2 Å². The first-order valence-electron chi connectivity index (χ1n) is 27.8. The molecule has 416 valence electrons. The third-order valence-electron chi connectivity index (χ3n) is 16.8. The van der Waals surface area contributed by atoms with Crippen LogP contribution in [0.3, 0.4) is 0 Å². The van der Waals surface area contributed by atoms with E-state index in [-0.39, 0.29) is 44.3 Å². The van der Waals surface area contributed by atoms with Gasteiger partial charge in [0.05, 0.1) is 37.4 Å². The first-order chi connectivity index (χ1) is 38.8. The van der Waals surface area contributed by atoms with Gasteiger partial charge in [0.15, 0.2) is 11.5 Å². The van der Waals surface area contributed by atoms with Crippen LogP contribution in [0.2, 0.25) is 0 Å². The Hall–Kier alpha value is -7.75. The minimum atomic E-state index is -2.14. The zero-order valence-corrected chi connectivity index (χ0v) is 45.3. The summed E-state index contributed by atoms with van der Waals surface area (Å²) in [6.07, 6.45) is 3.57. The second-order valence-electron chi connectivity index (χ2n) is 22.0. The predicted octanol–water partition coefficient (Wildman–Crippen LogP) is 7.14. The third kappa shape index (κ3) is 10.0. The predicted molar refractivity (Wildman–Crippen MR) is 294 cm³/mol. The molecule has 1 saturated carbocycles. The number of piperazine rings is 1. The fourth-order valence-corrected chi connectivity index (χ4v) is 13.0. The molecule has 17 heteroatoms. The minimum absolute atomic E-state index is 0.0519. The molecule has 4 fully saturated rings. The Labute approximate surface area is 465 Å². The number of rotatable bonds is 12. The number of amides is 4. The van der Waals surface area contributed by atoms with Gasteiger partial charge in [-0.25, -0.2) is 14.5 Å². The van der Waals surface area contributed by atoms with Gasteiger partial charge in [0.2, 0.25) is 18.6 Å². The number of ether oxygens (including phenoxy) is 5. The van der Waals surface area contributed by atoms with Crippen molar-refractivity contribution >= 4 is 35.5 Å². The lowest BCUT2D eigenvalue weighted by Gasteiger charge is -2.46. The molecule has 1 spiro atoms. The van der Waals surface area contributed by atoms with E-state index in [1.165, 1.54) is 7.11 Å². The van der Waals surface area contributed by atoms with Crippen molar-refractivity contribution in [1.82, 2.24) is 20.0 Å². The van der Waals surface area contributed by atoms with Gasteiger partial charge in [0.25, 0.3) is 0 Å². The third-order valence-corrected chi connectivity index (χ3v) is 16.8. The van der Waals surface area contributed by atoms with Crippen molar-refractivity contribution in [3.8, 4) is 29.1 Å². The van der Waals surface area contributed by atoms with Crippen molar-refractivity contribution in [1.29, 1.82) is 0 Å². The van der Waals surface area contributed by atoms with E-state index >= 15 is 19.2 Å². The number of nitrogens with zero attached hydrogens (tertiary/aromatic N) is 4. The number of hydrogen-bond donors (Lipinski definition) is 3. The molecule has 3 saturated heterocycles. The molecule has 3 N–H and O–H groups in total. The minimum Gasteiger partial charge on any atom is -0.491 e. The molecule has 80 heavy (non-hydrogen) atoms. The van der Waals surface area contributed by atoms with Gasteiger partial charge in [-0.2, -0.15) is 0 Å². The smallest absolute Gasteiger partial charge is 0.329 e. The molecule has 11 rings (SSSR count). The molecule has 6 aliphatic rings. The maximum atomic E-state index is 17.1. The van der Waals surface area contributed by atoms with Crippen LogP contribution in [0, 0.1) is 23.7 Å². The number of esters is 2. The Morgan fingerprint density at radius 1 is 0.787 bits per heavy atom. The Balaban J connectivity index is 1.14. The first kappa shape index (κ1) is 54.2. The van der Waals surface area contributed by atoms with Crippen molar-refractivity contribution in [2.75, 3.05) is 58.2 Å². The molecule has 0 bridgehead atoms. The van der Waals surface area contributed by atoms with E-state index in [9.17, 15) is 15.0 Å².